The van der Waals surface area contributed by atoms with Crippen LogP contribution in [0.25, 0.3) is 0 Å². The molecule has 0 spiro atoms. The molecular formula is C15H20BrNO3. The van der Waals surface area contributed by atoms with Crippen molar-refractivity contribution < 1.29 is 14.3 Å². The summed E-state index contributed by atoms with van der Waals surface area (Å²) < 4.78 is 11.2. The standard InChI is InChI=1S/C15H20BrNO3/c1-2-11(7-8-16)9-17-15(18)14-10-19-12-5-3-4-6-13(12)20-14/h3-6,11,14H,2,7-10H2,1H3,(H,17,18). The van der Waals surface area contributed by atoms with E-state index in [9.17, 15) is 4.79 Å². The van der Waals surface area contributed by atoms with E-state index in [0.29, 0.717) is 24.0 Å². The second kappa shape index (κ2) is 7.53. The van der Waals surface area contributed by atoms with Crippen LogP contribution >= 0.6 is 15.9 Å². The van der Waals surface area contributed by atoms with Crippen molar-refractivity contribution in [3.05, 3.63) is 24.3 Å². The van der Waals surface area contributed by atoms with Gasteiger partial charge in [0.25, 0.3) is 5.91 Å². The lowest BCUT2D eigenvalue weighted by Crippen LogP contribution is -2.45. The highest BCUT2D eigenvalue weighted by Gasteiger charge is 2.27. The molecule has 1 aliphatic rings. The number of halogens is 1. The van der Waals surface area contributed by atoms with Crippen LogP contribution in [0, 0.1) is 5.92 Å². The number of nitrogens with one attached hydrogen (secondary N) is 1. The minimum atomic E-state index is -0.564. The molecule has 5 heteroatoms. The summed E-state index contributed by atoms with van der Waals surface area (Å²) in [5, 5.41) is 3.91. The van der Waals surface area contributed by atoms with Crippen LogP contribution in [0.4, 0.5) is 0 Å². The Morgan fingerprint density at radius 1 is 1.45 bits per heavy atom. The summed E-state index contributed by atoms with van der Waals surface area (Å²) in [6.45, 7) is 3.08. The third kappa shape index (κ3) is 3.88. The van der Waals surface area contributed by atoms with E-state index in [1.165, 1.54) is 0 Å². The molecule has 0 radical (unpaired) electrons. The quantitative estimate of drug-likeness (QED) is 0.809. The fraction of sp³-hybridized carbons (Fsp3) is 0.533. The van der Waals surface area contributed by atoms with Crippen LogP contribution in [0.3, 0.4) is 0 Å². The maximum atomic E-state index is 12.1. The average Bonchev–Trinajstić information content (AvgIpc) is 2.50. The molecule has 1 N–H and O–H groups in total. The Kier molecular flexibility index (Phi) is 5.71. The van der Waals surface area contributed by atoms with Crippen LogP contribution in [-0.2, 0) is 4.79 Å². The van der Waals surface area contributed by atoms with Crippen molar-refractivity contribution in [3.63, 3.8) is 0 Å². The minimum Gasteiger partial charge on any atom is -0.485 e. The van der Waals surface area contributed by atoms with Gasteiger partial charge in [-0.2, -0.15) is 0 Å². The maximum Gasteiger partial charge on any atom is 0.264 e. The lowest BCUT2D eigenvalue weighted by Gasteiger charge is -2.26. The first kappa shape index (κ1) is 15.2. The Balaban J connectivity index is 1.85. The number of hydrogen-bond acceptors (Lipinski definition) is 3. The Morgan fingerprint density at radius 3 is 2.90 bits per heavy atom. The molecular weight excluding hydrogens is 322 g/mol. The van der Waals surface area contributed by atoms with Gasteiger partial charge < -0.3 is 14.8 Å². The molecule has 0 aromatic heterocycles. The van der Waals surface area contributed by atoms with Gasteiger partial charge in [-0.05, 0) is 24.5 Å². The van der Waals surface area contributed by atoms with E-state index in [1.807, 2.05) is 24.3 Å². The van der Waals surface area contributed by atoms with Gasteiger partial charge in [0.15, 0.2) is 11.5 Å². The van der Waals surface area contributed by atoms with Crippen LogP contribution < -0.4 is 14.8 Å². The number of hydrogen-bond donors (Lipinski definition) is 1. The van der Waals surface area contributed by atoms with Gasteiger partial charge in [-0.1, -0.05) is 41.4 Å². The van der Waals surface area contributed by atoms with Crippen LogP contribution in [0.1, 0.15) is 19.8 Å². The van der Waals surface area contributed by atoms with Gasteiger partial charge in [-0.15, -0.1) is 0 Å². The summed E-state index contributed by atoms with van der Waals surface area (Å²) in [7, 11) is 0. The molecule has 20 heavy (non-hydrogen) atoms. The first-order valence-corrected chi connectivity index (χ1v) is 8.09. The van der Waals surface area contributed by atoms with Crippen molar-refractivity contribution >= 4 is 21.8 Å². The number of amides is 1. The SMILES string of the molecule is CCC(CCBr)CNC(=O)C1COc2ccccc2O1. The summed E-state index contributed by atoms with van der Waals surface area (Å²) in [5.74, 6) is 1.72. The molecule has 0 fully saturated rings. The second-order valence-electron chi connectivity index (χ2n) is 4.86. The number of benzene rings is 1. The van der Waals surface area contributed by atoms with E-state index < -0.39 is 6.10 Å². The van der Waals surface area contributed by atoms with E-state index in [-0.39, 0.29) is 12.5 Å². The molecule has 1 amide bonds. The normalized spacial score (nSPS) is 18.4. The number of fused-ring (bicyclic) bond motifs is 1. The van der Waals surface area contributed by atoms with Gasteiger partial charge in [0.2, 0.25) is 6.10 Å². The van der Waals surface area contributed by atoms with Gasteiger partial charge >= 0.3 is 0 Å². The van der Waals surface area contributed by atoms with E-state index in [0.717, 1.165) is 18.2 Å². The van der Waals surface area contributed by atoms with Crippen LogP contribution in [0.15, 0.2) is 24.3 Å². The predicted octanol–water partition coefficient (Wildman–Crippen LogP) is 2.75. The van der Waals surface area contributed by atoms with E-state index in [1.54, 1.807) is 0 Å². The Bertz CT molecular complexity index is 452. The molecule has 0 saturated heterocycles. The lowest BCUT2D eigenvalue weighted by molar-refractivity contribution is -0.130. The summed E-state index contributed by atoms with van der Waals surface area (Å²) in [4.78, 5) is 12.1. The third-order valence-electron chi connectivity index (χ3n) is 3.46. The fourth-order valence-electron chi connectivity index (χ4n) is 2.11. The molecule has 1 aliphatic heterocycles. The van der Waals surface area contributed by atoms with Crippen LogP contribution in [0.2, 0.25) is 0 Å². The van der Waals surface area contributed by atoms with Gasteiger partial charge in [-0.3, -0.25) is 4.79 Å². The zero-order valence-electron chi connectivity index (χ0n) is 11.6. The molecule has 4 nitrogen and oxygen atoms in total. The molecule has 1 heterocycles. The smallest absolute Gasteiger partial charge is 0.264 e. The molecule has 1 aromatic rings. The van der Waals surface area contributed by atoms with Crippen molar-refractivity contribution in [3.8, 4) is 11.5 Å². The number of rotatable bonds is 6. The van der Waals surface area contributed by atoms with Gasteiger partial charge in [0.05, 0.1) is 0 Å². The minimum absolute atomic E-state index is 0.104. The van der Waals surface area contributed by atoms with Gasteiger partial charge in [0, 0.05) is 11.9 Å². The predicted molar refractivity (Wildman–Crippen MR) is 81.6 cm³/mol. The average molecular weight is 342 g/mol. The summed E-state index contributed by atoms with van der Waals surface area (Å²) in [5.41, 5.74) is 0. The zero-order chi connectivity index (χ0) is 14.4. The number of para-hydroxylation sites is 2. The first-order valence-electron chi connectivity index (χ1n) is 6.96. The third-order valence-corrected chi connectivity index (χ3v) is 3.92. The molecule has 0 bridgehead atoms. The Morgan fingerprint density at radius 2 is 2.20 bits per heavy atom. The zero-order valence-corrected chi connectivity index (χ0v) is 13.2. The van der Waals surface area contributed by atoms with Crippen LogP contribution in [0.5, 0.6) is 11.5 Å². The Labute approximate surface area is 128 Å². The highest BCUT2D eigenvalue weighted by atomic mass is 79.9. The molecule has 2 unspecified atom stereocenters. The maximum absolute atomic E-state index is 12.1. The highest BCUT2D eigenvalue weighted by molar-refractivity contribution is 9.09. The number of alkyl halides is 1. The van der Waals surface area contributed by atoms with E-state index in [4.69, 9.17) is 9.47 Å². The number of ether oxygens (including phenoxy) is 2. The molecule has 2 atom stereocenters. The topological polar surface area (TPSA) is 47.6 Å². The molecule has 0 saturated carbocycles. The van der Waals surface area contributed by atoms with Crippen molar-refractivity contribution in [2.75, 3.05) is 18.5 Å². The van der Waals surface area contributed by atoms with Crippen LogP contribution in [-0.4, -0.2) is 30.5 Å². The van der Waals surface area contributed by atoms with E-state index in [2.05, 4.69) is 28.2 Å². The fourth-order valence-corrected chi connectivity index (χ4v) is 2.76. The van der Waals surface area contributed by atoms with Gasteiger partial charge in [-0.25, -0.2) is 0 Å². The van der Waals surface area contributed by atoms with Gasteiger partial charge in [0.1, 0.15) is 6.61 Å². The summed E-state index contributed by atoms with van der Waals surface area (Å²) in [6, 6.07) is 7.40. The molecule has 2 rings (SSSR count). The number of carbonyl (C=O) groups is 1. The summed E-state index contributed by atoms with van der Waals surface area (Å²) in [6.07, 6.45) is 1.55. The summed E-state index contributed by atoms with van der Waals surface area (Å²) >= 11 is 3.44. The monoisotopic (exact) mass is 341 g/mol. The second-order valence-corrected chi connectivity index (χ2v) is 5.65. The molecule has 1 aromatic carbocycles. The largest absolute Gasteiger partial charge is 0.485 e. The first-order chi connectivity index (χ1) is 9.74. The van der Waals surface area contributed by atoms with Crippen molar-refractivity contribution in [1.29, 1.82) is 0 Å². The molecule has 0 aliphatic carbocycles. The highest BCUT2D eigenvalue weighted by Crippen LogP contribution is 2.30. The van der Waals surface area contributed by atoms with Crippen molar-refractivity contribution in [2.24, 2.45) is 5.92 Å². The van der Waals surface area contributed by atoms with Crippen molar-refractivity contribution in [1.82, 2.24) is 5.32 Å². The lowest BCUT2D eigenvalue weighted by atomic mass is 10.0. The molecule has 110 valence electrons. The van der Waals surface area contributed by atoms with Crippen molar-refractivity contribution in [2.45, 2.75) is 25.9 Å². The van der Waals surface area contributed by atoms with E-state index >= 15 is 0 Å². The Hall–Kier alpha value is -1.23. The number of carbonyl (C=O) groups excluding carboxylic acids is 1.